The normalized spacial score (nSPS) is 10.3. The van der Waals surface area contributed by atoms with Crippen molar-refractivity contribution in [3.8, 4) is 0 Å². The van der Waals surface area contributed by atoms with E-state index in [-0.39, 0.29) is 23.6 Å². The second kappa shape index (κ2) is 6.70. The van der Waals surface area contributed by atoms with Crippen LogP contribution in [0.2, 0.25) is 0 Å². The second-order valence-electron chi connectivity index (χ2n) is 4.93. The van der Waals surface area contributed by atoms with Gasteiger partial charge in [0.2, 0.25) is 5.91 Å². The van der Waals surface area contributed by atoms with Crippen LogP contribution in [-0.2, 0) is 4.79 Å². The Balaban J connectivity index is 3.01. The Morgan fingerprint density at radius 2 is 1.85 bits per heavy atom. The number of carbonyl (C=O) groups excluding carboxylic acids is 2. The minimum Gasteiger partial charge on any atom is -0.478 e. The molecule has 0 aromatic heterocycles. The molecule has 108 valence electrons. The molecule has 0 saturated heterocycles. The van der Waals surface area contributed by atoms with E-state index in [1.165, 1.54) is 29.2 Å². The molecule has 6 heteroatoms. The van der Waals surface area contributed by atoms with Gasteiger partial charge in [-0.15, -0.1) is 0 Å². The van der Waals surface area contributed by atoms with Crippen molar-refractivity contribution in [2.75, 3.05) is 13.1 Å². The molecule has 3 N–H and O–H groups in total. The van der Waals surface area contributed by atoms with Crippen molar-refractivity contribution in [1.82, 2.24) is 4.90 Å². The maximum Gasteiger partial charge on any atom is 0.335 e. The number of carboxylic acid groups (broad SMARTS) is 1. The zero-order chi connectivity index (χ0) is 15.3. The van der Waals surface area contributed by atoms with Crippen LogP contribution >= 0.6 is 0 Å². The molecule has 0 aliphatic heterocycles. The molecule has 1 aromatic rings. The van der Waals surface area contributed by atoms with E-state index < -0.39 is 17.8 Å². The van der Waals surface area contributed by atoms with Crippen molar-refractivity contribution in [2.24, 2.45) is 11.7 Å². The lowest BCUT2D eigenvalue weighted by Gasteiger charge is -2.23. The molecule has 0 fully saturated rings. The number of carboxylic acids is 1. The van der Waals surface area contributed by atoms with Crippen LogP contribution in [-0.4, -0.2) is 40.9 Å². The molecule has 0 aliphatic rings. The average Bonchev–Trinajstić information content (AvgIpc) is 2.36. The Morgan fingerprint density at radius 3 is 2.35 bits per heavy atom. The third-order valence-corrected chi connectivity index (χ3v) is 2.58. The lowest BCUT2D eigenvalue weighted by atomic mass is 10.1. The fraction of sp³-hybridized carbons (Fsp3) is 0.357. The summed E-state index contributed by atoms with van der Waals surface area (Å²) in [6, 6.07) is 5.70. The number of rotatable bonds is 6. The number of carbonyl (C=O) groups is 3. The summed E-state index contributed by atoms with van der Waals surface area (Å²) in [5, 5.41) is 8.92. The molecule has 0 spiro atoms. The molecule has 0 radical (unpaired) electrons. The quantitative estimate of drug-likeness (QED) is 0.809. The van der Waals surface area contributed by atoms with E-state index in [0.717, 1.165) is 0 Å². The summed E-state index contributed by atoms with van der Waals surface area (Å²) < 4.78 is 0. The molecule has 2 amide bonds. The molecule has 0 atom stereocenters. The number of aromatic carboxylic acids is 1. The highest BCUT2D eigenvalue weighted by Gasteiger charge is 2.19. The van der Waals surface area contributed by atoms with Crippen molar-refractivity contribution < 1.29 is 19.5 Å². The van der Waals surface area contributed by atoms with Crippen LogP contribution in [0.5, 0.6) is 0 Å². The Kier molecular flexibility index (Phi) is 5.25. The summed E-state index contributed by atoms with van der Waals surface area (Å²) in [5.74, 6) is -1.94. The molecule has 0 heterocycles. The second-order valence-corrected chi connectivity index (χ2v) is 4.93. The molecule has 0 aliphatic carbocycles. The smallest absolute Gasteiger partial charge is 0.335 e. The van der Waals surface area contributed by atoms with Gasteiger partial charge in [-0.25, -0.2) is 4.79 Å². The number of nitrogens with zero attached hydrogens (tertiary/aromatic N) is 1. The van der Waals surface area contributed by atoms with E-state index in [1.807, 2.05) is 13.8 Å². The molecule has 1 rings (SSSR count). The Bertz CT molecular complexity index is 526. The van der Waals surface area contributed by atoms with Gasteiger partial charge in [0, 0.05) is 12.1 Å². The van der Waals surface area contributed by atoms with Crippen LogP contribution in [0.15, 0.2) is 24.3 Å². The predicted molar refractivity (Wildman–Crippen MR) is 73.3 cm³/mol. The van der Waals surface area contributed by atoms with Gasteiger partial charge in [-0.3, -0.25) is 9.59 Å². The van der Waals surface area contributed by atoms with Crippen LogP contribution in [0, 0.1) is 5.92 Å². The van der Waals surface area contributed by atoms with Gasteiger partial charge in [0.15, 0.2) is 0 Å². The maximum atomic E-state index is 12.3. The highest BCUT2D eigenvalue weighted by Crippen LogP contribution is 2.10. The molecular weight excluding hydrogens is 260 g/mol. The van der Waals surface area contributed by atoms with Gasteiger partial charge in [0.25, 0.3) is 5.91 Å². The number of nitrogens with two attached hydrogens (primary N) is 1. The van der Waals surface area contributed by atoms with Gasteiger partial charge in [0.05, 0.1) is 12.1 Å². The van der Waals surface area contributed by atoms with Crippen molar-refractivity contribution in [3.63, 3.8) is 0 Å². The standard InChI is InChI=1S/C14H18N2O4/c1-9(2)7-16(8-12(15)17)13(18)10-4-3-5-11(6-10)14(19)20/h3-6,9H,7-8H2,1-2H3,(H2,15,17)(H,19,20). The number of hydrogen-bond donors (Lipinski definition) is 2. The van der Waals surface area contributed by atoms with E-state index in [4.69, 9.17) is 10.8 Å². The topological polar surface area (TPSA) is 101 Å². The molecule has 1 aromatic carbocycles. The molecule has 0 bridgehead atoms. The summed E-state index contributed by atoms with van der Waals surface area (Å²) in [5.41, 5.74) is 5.39. The molecule has 20 heavy (non-hydrogen) atoms. The van der Waals surface area contributed by atoms with Gasteiger partial charge in [-0.1, -0.05) is 19.9 Å². The number of hydrogen-bond acceptors (Lipinski definition) is 3. The minimum absolute atomic E-state index is 0.0272. The van der Waals surface area contributed by atoms with E-state index in [9.17, 15) is 14.4 Å². The molecule has 0 unspecified atom stereocenters. The summed E-state index contributed by atoms with van der Waals surface area (Å²) >= 11 is 0. The average molecular weight is 278 g/mol. The lowest BCUT2D eigenvalue weighted by molar-refractivity contribution is -0.118. The molecule has 0 saturated carbocycles. The first kappa shape index (κ1) is 15.7. The van der Waals surface area contributed by atoms with Crippen LogP contribution < -0.4 is 5.73 Å². The third-order valence-electron chi connectivity index (χ3n) is 2.58. The first-order valence-electron chi connectivity index (χ1n) is 6.22. The fourth-order valence-corrected chi connectivity index (χ4v) is 1.82. The van der Waals surface area contributed by atoms with Crippen LogP contribution in [0.4, 0.5) is 0 Å². The number of primary amides is 1. The summed E-state index contributed by atoms with van der Waals surface area (Å²) in [6.45, 7) is 4.01. The Hall–Kier alpha value is -2.37. The zero-order valence-corrected chi connectivity index (χ0v) is 11.5. The molecule has 6 nitrogen and oxygen atoms in total. The summed E-state index contributed by atoms with van der Waals surface area (Å²) in [7, 11) is 0. The van der Waals surface area contributed by atoms with Gasteiger partial charge in [0.1, 0.15) is 0 Å². The van der Waals surface area contributed by atoms with E-state index >= 15 is 0 Å². The lowest BCUT2D eigenvalue weighted by Crippen LogP contribution is -2.40. The maximum absolute atomic E-state index is 12.3. The summed E-state index contributed by atoms with van der Waals surface area (Å²) in [6.07, 6.45) is 0. The number of amides is 2. The number of benzene rings is 1. The SMILES string of the molecule is CC(C)CN(CC(N)=O)C(=O)c1cccc(C(=O)O)c1. The predicted octanol–water partition coefficient (Wildman–Crippen LogP) is 0.968. The third kappa shape index (κ3) is 4.38. The van der Waals surface area contributed by atoms with Gasteiger partial charge in [-0.05, 0) is 24.1 Å². The Morgan fingerprint density at radius 1 is 1.25 bits per heavy atom. The first-order chi connectivity index (χ1) is 9.31. The van der Waals surface area contributed by atoms with E-state index in [2.05, 4.69) is 0 Å². The van der Waals surface area contributed by atoms with Crippen molar-refractivity contribution in [2.45, 2.75) is 13.8 Å². The minimum atomic E-state index is -1.11. The summed E-state index contributed by atoms with van der Waals surface area (Å²) in [4.78, 5) is 35.6. The highest BCUT2D eigenvalue weighted by atomic mass is 16.4. The van der Waals surface area contributed by atoms with Crippen molar-refractivity contribution in [1.29, 1.82) is 0 Å². The van der Waals surface area contributed by atoms with Crippen molar-refractivity contribution >= 4 is 17.8 Å². The van der Waals surface area contributed by atoms with Crippen LogP contribution in [0.1, 0.15) is 34.6 Å². The van der Waals surface area contributed by atoms with E-state index in [0.29, 0.717) is 6.54 Å². The largest absolute Gasteiger partial charge is 0.478 e. The molecular formula is C14H18N2O4. The van der Waals surface area contributed by atoms with Gasteiger partial charge < -0.3 is 15.7 Å². The van der Waals surface area contributed by atoms with Crippen LogP contribution in [0.3, 0.4) is 0 Å². The van der Waals surface area contributed by atoms with Gasteiger partial charge >= 0.3 is 5.97 Å². The van der Waals surface area contributed by atoms with E-state index in [1.54, 1.807) is 0 Å². The Labute approximate surface area is 117 Å². The first-order valence-corrected chi connectivity index (χ1v) is 6.22. The van der Waals surface area contributed by atoms with Crippen LogP contribution in [0.25, 0.3) is 0 Å². The van der Waals surface area contributed by atoms with Crippen molar-refractivity contribution in [3.05, 3.63) is 35.4 Å². The fourth-order valence-electron chi connectivity index (χ4n) is 1.82. The van der Waals surface area contributed by atoms with Gasteiger partial charge in [-0.2, -0.15) is 0 Å². The highest BCUT2D eigenvalue weighted by molar-refractivity contribution is 5.98. The zero-order valence-electron chi connectivity index (χ0n) is 11.5. The monoisotopic (exact) mass is 278 g/mol.